The number of anilines is 3. The number of nitrogens with one attached hydrogen (secondary N) is 2. The molecule has 2 aromatic rings. The smallest absolute Gasteiger partial charge is 0.253 e. The van der Waals surface area contributed by atoms with E-state index in [9.17, 15) is 15.3 Å². The quantitative estimate of drug-likeness (QED) is 0.895. The number of carbonyl (C=O) groups excluding carboxylic acids is 1. The van der Waals surface area contributed by atoms with Gasteiger partial charge >= 0.3 is 0 Å². The molecule has 1 fully saturated rings. The summed E-state index contributed by atoms with van der Waals surface area (Å²) in [5.74, 6) is -0.139. The number of nitrogens with zero attached hydrogens (tertiary/aromatic N) is 2. The first-order valence-corrected chi connectivity index (χ1v) is 7.94. The summed E-state index contributed by atoms with van der Waals surface area (Å²) < 4.78 is 5.36. The summed E-state index contributed by atoms with van der Waals surface area (Å²) in [5, 5.41) is 24.3. The van der Waals surface area contributed by atoms with Crippen LogP contribution in [0.25, 0.3) is 0 Å². The molecule has 25 heavy (non-hydrogen) atoms. The molecule has 1 aliphatic rings. The molecule has 6 heteroatoms. The lowest BCUT2D eigenvalue weighted by Crippen LogP contribution is -2.26. The highest BCUT2D eigenvalue weighted by atomic mass is 16.5. The summed E-state index contributed by atoms with van der Waals surface area (Å²) in [4.78, 5) is 12.0. The van der Waals surface area contributed by atoms with Gasteiger partial charge in [-0.25, -0.2) is 0 Å². The SMILES string of the molecule is N#Cc1cccc(C#N)c1Nc1ccc(NC(=O)C2CCCO2)cc1. The third kappa shape index (κ3) is 3.77. The molecule has 2 N–H and O–H groups in total. The number of hydrogen-bond donors (Lipinski definition) is 2. The molecule has 0 aliphatic carbocycles. The van der Waals surface area contributed by atoms with Gasteiger partial charge in [0.1, 0.15) is 18.2 Å². The number of benzene rings is 2. The van der Waals surface area contributed by atoms with Gasteiger partial charge < -0.3 is 15.4 Å². The minimum atomic E-state index is -0.376. The van der Waals surface area contributed by atoms with E-state index in [2.05, 4.69) is 22.8 Å². The Kier molecular flexibility index (Phi) is 4.94. The third-order valence-electron chi connectivity index (χ3n) is 3.95. The summed E-state index contributed by atoms with van der Waals surface area (Å²) in [6, 6.07) is 16.2. The second-order valence-electron chi connectivity index (χ2n) is 5.65. The van der Waals surface area contributed by atoms with Gasteiger partial charge in [-0.05, 0) is 49.2 Å². The Bertz CT molecular complexity index is 824. The van der Waals surface area contributed by atoms with Gasteiger partial charge in [-0.3, -0.25) is 4.79 Å². The molecule has 0 bridgehead atoms. The van der Waals surface area contributed by atoms with Crippen LogP contribution >= 0.6 is 0 Å². The molecular weight excluding hydrogens is 316 g/mol. The van der Waals surface area contributed by atoms with Crippen LogP contribution < -0.4 is 10.6 Å². The van der Waals surface area contributed by atoms with Crippen molar-refractivity contribution in [2.24, 2.45) is 0 Å². The van der Waals surface area contributed by atoms with Gasteiger partial charge in [-0.2, -0.15) is 10.5 Å². The molecular formula is C19H16N4O2. The Balaban J connectivity index is 1.72. The van der Waals surface area contributed by atoms with Crippen molar-refractivity contribution in [2.45, 2.75) is 18.9 Å². The van der Waals surface area contributed by atoms with E-state index in [1.54, 1.807) is 42.5 Å². The number of ether oxygens (including phenoxy) is 1. The van der Waals surface area contributed by atoms with E-state index in [0.717, 1.165) is 12.8 Å². The zero-order valence-electron chi connectivity index (χ0n) is 13.5. The number of rotatable bonds is 4. The maximum absolute atomic E-state index is 12.0. The number of para-hydroxylation sites is 1. The Hall–Kier alpha value is -3.35. The first-order chi connectivity index (χ1) is 12.2. The average molecular weight is 332 g/mol. The van der Waals surface area contributed by atoms with Crippen LogP contribution in [0.15, 0.2) is 42.5 Å². The van der Waals surface area contributed by atoms with Crippen molar-refractivity contribution in [3.8, 4) is 12.1 Å². The summed E-state index contributed by atoms with van der Waals surface area (Å²) in [7, 11) is 0. The molecule has 1 unspecified atom stereocenters. The molecule has 3 rings (SSSR count). The van der Waals surface area contributed by atoms with E-state index < -0.39 is 0 Å². The van der Waals surface area contributed by atoms with E-state index in [-0.39, 0.29) is 12.0 Å². The van der Waals surface area contributed by atoms with Crippen molar-refractivity contribution >= 4 is 23.0 Å². The Labute approximate surface area is 145 Å². The molecule has 1 aliphatic heterocycles. The van der Waals surface area contributed by atoms with E-state index >= 15 is 0 Å². The molecule has 1 heterocycles. The summed E-state index contributed by atoms with van der Waals surface area (Å²) >= 11 is 0. The second-order valence-corrected chi connectivity index (χ2v) is 5.65. The van der Waals surface area contributed by atoms with Gasteiger partial charge in [0, 0.05) is 18.0 Å². The maximum atomic E-state index is 12.0. The van der Waals surface area contributed by atoms with Crippen molar-refractivity contribution in [3.05, 3.63) is 53.6 Å². The zero-order valence-corrected chi connectivity index (χ0v) is 13.5. The van der Waals surface area contributed by atoms with Crippen LogP contribution in [-0.2, 0) is 9.53 Å². The van der Waals surface area contributed by atoms with Crippen LogP contribution in [0.1, 0.15) is 24.0 Å². The first kappa shape index (κ1) is 16.5. The normalized spacial score (nSPS) is 15.8. The van der Waals surface area contributed by atoms with E-state index in [0.29, 0.717) is 34.8 Å². The average Bonchev–Trinajstić information content (AvgIpc) is 3.18. The number of amides is 1. The topological polar surface area (TPSA) is 97.9 Å². The fourth-order valence-electron chi connectivity index (χ4n) is 2.66. The molecule has 1 saturated heterocycles. The van der Waals surface area contributed by atoms with Crippen molar-refractivity contribution in [2.75, 3.05) is 17.2 Å². The monoisotopic (exact) mass is 332 g/mol. The fraction of sp³-hybridized carbons (Fsp3) is 0.211. The molecule has 2 aromatic carbocycles. The highest BCUT2D eigenvalue weighted by Crippen LogP contribution is 2.25. The maximum Gasteiger partial charge on any atom is 0.253 e. The Morgan fingerprint density at radius 2 is 1.68 bits per heavy atom. The predicted molar refractivity (Wildman–Crippen MR) is 93.2 cm³/mol. The van der Waals surface area contributed by atoms with Gasteiger partial charge in [0.2, 0.25) is 0 Å². The van der Waals surface area contributed by atoms with E-state index in [4.69, 9.17) is 4.74 Å². The fourth-order valence-corrected chi connectivity index (χ4v) is 2.66. The van der Waals surface area contributed by atoms with Crippen LogP contribution in [0.5, 0.6) is 0 Å². The predicted octanol–water partition coefficient (Wildman–Crippen LogP) is 3.29. The van der Waals surface area contributed by atoms with Gasteiger partial charge in [-0.15, -0.1) is 0 Å². The van der Waals surface area contributed by atoms with Gasteiger partial charge in [0.05, 0.1) is 16.8 Å². The van der Waals surface area contributed by atoms with Gasteiger partial charge in [0.25, 0.3) is 5.91 Å². The van der Waals surface area contributed by atoms with Crippen molar-refractivity contribution in [1.82, 2.24) is 0 Å². The molecule has 0 aromatic heterocycles. The number of nitriles is 2. The van der Waals surface area contributed by atoms with Gasteiger partial charge in [-0.1, -0.05) is 6.07 Å². The molecule has 0 radical (unpaired) electrons. The number of carbonyl (C=O) groups is 1. The van der Waals surface area contributed by atoms with E-state index in [1.807, 2.05) is 0 Å². The summed E-state index contributed by atoms with van der Waals surface area (Å²) in [6.07, 6.45) is 1.27. The lowest BCUT2D eigenvalue weighted by molar-refractivity contribution is -0.124. The zero-order chi connectivity index (χ0) is 17.6. The molecule has 124 valence electrons. The summed E-state index contributed by atoms with van der Waals surface area (Å²) in [5.41, 5.74) is 2.66. The highest BCUT2D eigenvalue weighted by Gasteiger charge is 2.23. The van der Waals surface area contributed by atoms with Crippen LogP contribution in [-0.4, -0.2) is 18.6 Å². The second kappa shape index (κ2) is 7.48. The molecule has 6 nitrogen and oxygen atoms in total. The minimum Gasteiger partial charge on any atom is -0.368 e. The molecule has 1 amide bonds. The van der Waals surface area contributed by atoms with Crippen molar-refractivity contribution in [1.29, 1.82) is 10.5 Å². The van der Waals surface area contributed by atoms with Crippen LogP contribution in [0.3, 0.4) is 0 Å². The first-order valence-electron chi connectivity index (χ1n) is 7.94. The van der Waals surface area contributed by atoms with Crippen LogP contribution in [0.2, 0.25) is 0 Å². The molecule has 0 saturated carbocycles. The van der Waals surface area contributed by atoms with Crippen molar-refractivity contribution in [3.63, 3.8) is 0 Å². The van der Waals surface area contributed by atoms with Gasteiger partial charge in [0.15, 0.2) is 0 Å². The van der Waals surface area contributed by atoms with Crippen LogP contribution in [0, 0.1) is 22.7 Å². The lowest BCUT2D eigenvalue weighted by atomic mass is 10.1. The lowest BCUT2D eigenvalue weighted by Gasteiger charge is -2.12. The molecule has 1 atom stereocenters. The Morgan fingerprint density at radius 1 is 1.04 bits per heavy atom. The standard InChI is InChI=1S/C19H16N4O2/c20-11-13-3-1-4-14(12-21)18(13)22-15-6-8-16(9-7-15)23-19(24)17-5-2-10-25-17/h1,3-4,6-9,17,22H,2,5,10H2,(H,23,24). The highest BCUT2D eigenvalue weighted by molar-refractivity contribution is 5.94. The van der Waals surface area contributed by atoms with E-state index in [1.165, 1.54) is 0 Å². The van der Waals surface area contributed by atoms with Crippen LogP contribution in [0.4, 0.5) is 17.1 Å². The largest absolute Gasteiger partial charge is 0.368 e. The van der Waals surface area contributed by atoms with Crippen molar-refractivity contribution < 1.29 is 9.53 Å². The number of hydrogen-bond acceptors (Lipinski definition) is 5. The minimum absolute atomic E-state index is 0.139. The molecule has 0 spiro atoms. The third-order valence-corrected chi connectivity index (χ3v) is 3.95. The summed E-state index contributed by atoms with van der Waals surface area (Å²) in [6.45, 7) is 0.625. The Morgan fingerprint density at radius 3 is 2.24 bits per heavy atom.